The van der Waals surface area contributed by atoms with E-state index in [-0.39, 0.29) is 11.6 Å². The molecule has 0 bridgehead atoms. The lowest BCUT2D eigenvalue weighted by Crippen LogP contribution is -2.62. The summed E-state index contributed by atoms with van der Waals surface area (Å²) in [6.45, 7) is 10.0. The fraction of sp³-hybridized carbons (Fsp3) is 0.769. The van der Waals surface area contributed by atoms with Crippen LogP contribution in [0.25, 0.3) is 0 Å². The summed E-state index contributed by atoms with van der Waals surface area (Å²) in [5, 5.41) is 3.23. The van der Waals surface area contributed by atoms with Crippen LogP contribution in [0.1, 0.15) is 24.5 Å². The molecule has 1 aliphatic rings. The van der Waals surface area contributed by atoms with E-state index in [0.717, 1.165) is 43.4 Å². The molecule has 0 saturated carbocycles. The highest BCUT2D eigenvalue weighted by Gasteiger charge is 2.36. The number of thiazole rings is 1. The van der Waals surface area contributed by atoms with E-state index in [1.54, 1.807) is 11.3 Å². The number of hydrogen-bond donors (Lipinski definition) is 2. The third-order valence-electron chi connectivity index (χ3n) is 3.93. The second kappa shape index (κ2) is 6.28. The summed E-state index contributed by atoms with van der Waals surface area (Å²) in [5.41, 5.74) is 4.05. The molecule has 0 radical (unpaired) electrons. The van der Waals surface area contributed by atoms with Gasteiger partial charge in [0.05, 0.1) is 18.2 Å². The topological polar surface area (TPSA) is 63.4 Å². The Morgan fingerprint density at radius 2 is 2.21 bits per heavy atom. The van der Waals surface area contributed by atoms with E-state index in [4.69, 9.17) is 10.6 Å². The van der Waals surface area contributed by atoms with E-state index in [2.05, 4.69) is 34.5 Å². The summed E-state index contributed by atoms with van der Waals surface area (Å²) in [7, 11) is 0. The van der Waals surface area contributed by atoms with Crippen molar-refractivity contribution in [2.75, 3.05) is 26.3 Å². The molecule has 108 valence electrons. The predicted molar refractivity (Wildman–Crippen MR) is 78.1 cm³/mol. The monoisotopic (exact) mass is 284 g/mol. The summed E-state index contributed by atoms with van der Waals surface area (Å²) in [4.78, 5) is 6.98. The average Bonchev–Trinajstić information content (AvgIpc) is 2.82. The Bertz CT molecular complexity index is 401. The minimum Gasteiger partial charge on any atom is -0.379 e. The number of nitrogens with one attached hydrogen (secondary N) is 1. The van der Waals surface area contributed by atoms with E-state index < -0.39 is 0 Å². The predicted octanol–water partition coefficient (Wildman–Crippen LogP) is 0.937. The van der Waals surface area contributed by atoms with Gasteiger partial charge in [0.2, 0.25) is 0 Å². The van der Waals surface area contributed by atoms with Crippen molar-refractivity contribution in [3.05, 3.63) is 16.1 Å². The Morgan fingerprint density at radius 1 is 1.53 bits per heavy atom. The van der Waals surface area contributed by atoms with Gasteiger partial charge in [0.15, 0.2) is 0 Å². The summed E-state index contributed by atoms with van der Waals surface area (Å²) >= 11 is 1.71. The van der Waals surface area contributed by atoms with Crippen LogP contribution >= 0.6 is 11.3 Å². The lowest BCUT2D eigenvalue weighted by Gasteiger charge is -2.45. The molecule has 0 spiro atoms. The van der Waals surface area contributed by atoms with Gasteiger partial charge in [-0.15, -0.1) is 11.3 Å². The van der Waals surface area contributed by atoms with Crippen LogP contribution in [0.3, 0.4) is 0 Å². The van der Waals surface area contributed by atoms with Crippen LogP contribution in [0.15, 0.2) is 5.38 Å². The van der Waals surface area contributed by atoms with Crippen LogP contribution in [-0.4, -0.2) is 47.8 Å². The molecule has 1 aromatic heterocycles. The molecule has 6 heteroatoms. The van der Waals surface area contributed by atoms with Crippen molar-refractivity contribution in [2.45, 2.75) is 38.8 Å². The number of hydrazine groups is 1. The first kappa shape index (κ1) is 14.9. The van der Waals surface area contributed by atoms with Crippen LogP contribution in [0, 0.1) is 6.92 Å². The number of rotatable bonds is 5. The molecule has 1 unspecified atom stereocenters. The van der Waals surface area contributed by atoms with Gasteiger partial charge in [-0.3, -0.25) is 16.2 Å². The molecular weight excluding hydrogens is 260 g/mol. The molecule has 19 heavy (non-hydrogen) atoms. The number of hydrogen-bond acceptors (Lipinski definition) is 6. The van der Waals surface area contributed by atoms with E-state index in [1.807, 2.05) is 6.92 Å². The Kier molecular flexibility index (Phi) is 4.92. The zero-order valence-corrected chi connectivity index (χ0v) is 12.8. The van der Waals surface area contributed by atoms with Crippen LogP contribution in [0.4, 0.5) is 0 Å². The summed E-state index contributed by atoms with van der Waals surface area (Å²) < 4.78 is 5.43. The standard InChI is InChI=1S/C13H24N4OS/c1-10-9-19-12(15-10)8-11(16-14)13(2,3)17-4-6-18-7-5-17/h9,11,16H,4-8,14H2,1-3H3. The van der Waals surface area contributed by atoms with E-state index in [1.165, 1.54) is 0 Å². The summed E-state index contributed by atoms with van der Waals surface area (Å²) in [5.74, 6) is 5.79. The molecule has 0 aromatic carbocycles. The number of ether oxygens (including phenoxy) is 1. The molecule has 2 heterocycles. The second-order valence-corrected chi connectivity index (χ2v) is 6.50. The van der Waals surface area contributed by atoms with Gasteiger partial charge in [0.1, 0.15) is 0 Å². The molecule has 1 aliphatic heterocycles. The summed E-state index contributed by atoms with van der Waals surface area (Å²) in [6.07, 6.45) is 0.860. The maximum absolute atomic E-state index is 5.79. The van der Waals surface area contributed by atoms with Gasteiger partial charge < -0.3 is 4.74 Å². The number of aromatic nitrogens is 1. The van der Waals surface area contributed by atoms with Gasteiger partial charge >= 0.3 is 0 Å². The molecule has 0 amide bonds. The largest absolute Gasteiger partial charge is 0.379 e. The first-order valence-electron chi connectivity index (χ1n) is 6.74. The zero-order valence-electron chi connectivity index (χ0n) is 12.0. The third kappa shape index (κ3) is 3.52. The third-order valence-corrected chi connectivity index (χ3v) is 4.91. The quantitative estimate of drug-likeness (QED) is 0.622. The molecule has 1 atom stereocenters. The number of morpholine rings is 1. The molecular formula is C13H24N4OS. The maximum atomic E-state index is 5.79. The highest BCUT2D eigenvalue weighted by atomic mass is 32.1. The van der Waals surface area contributed by atoms with Gasteiger partial charge in [0, 0.05) is 42.2 Å². The Labute approximate surface area is 119 Å². The van der Waals surface area contributed by atoms with Crippen LogP contribution in [0.5, 0.6) is 0 Å². The molecule has 3 N–H and O–H groups in total. The molecule has 5 nitrogen and oxygen atoms in total. The van der Waals surface area contributed by atoms with Crippen molar-refractivity contribution in [3.8, 4) is 0 Å². The van der Waals surface area contributed by atoms with Crippen molar-refractivity contribution in [2.24, 2.45) is 5.84 Å². The zero-order chi connectivity index (χ0) is 13.9. The van der Waals surface area contributed by atoms with Crippen molar-refractivity contribution in [3.63, 3.8) is 0 Å². The first-order valence-corrected chi connectivity index (χ1v) is 7.62. The number of aryl methyl sites for hydroxylation is 1. The molecule has 1 fully saturated rings. The first-order chi connectivity index (χ1) is 9.04. The minimum atomic E-state index is -0.0158. The Hall–Kier alpha value is -0.530. The van der Waals surface area contributed by atoms with E-state index in [0.29, 0.717) is 0 Å². The van der Waals surface area contributed by atoms with Crippen molar-refractivity contribution in [1.82, 2.24) is 15.3 Å². The maximum Gasteiger partial charge on any atom is 0.0944 e. The van der Waals surface area contributed by atoms with Crippen LogP contribution in [-0.2, 0) is 11.2 Å². The van der Waals surface area contributed by atoms with E-state index >= 15 is 0 Å². The molecule has 1 aromatic rings. The summed E-state index contributed by atoms with van der Waals surface area (Å²) in [6, 6.07) is 0.177. The lowest BCUT2D eigenvalue weighted by molar-refractivity contribution is -0.0233. The molecule has 1 saturated heterocycles. The fourth-order valence-electron chi connectivity index (χ4n) is 2.54. The van der Waals surface area contributed by atoms with Gasteiger partial charge in [0.25, 0.3) is 0 Å². The Balaban J connectivity index is 2.06. The van der Waals surface area contributed by atoms with Gasteiger partial charge in [-0.25, -0.2) is 4.98 Å². The van der Waals surface area contributed by atoms with Gasteiger partial charge in [-0.1, -0.05) is 0 Å². The smallest absolute Gasteiger partial charge is 0.0944 e. The fourth-order valence-corrected chi connectivity index (χ4v) is 3.36. The van der Waals surface area contributed by atoms with Crippen molar-refractivity contribution in [1.29, 1.82) is 0 Å². The normalized spacial score (nSPS) is 19.6. The lowest BCUT2D eigenvalue weighted by atomic mass is 9.90. The van der Waals surface area contributed by atoms with Crippen LogP contribution < -0.4 is 11.3 Å². The van der Waals surface area contributed by atoms with Gasteiger partial charge in [-0.2, -0.15) is 0 Å². The molecule has 0 aliphatic carbocycles. The molecule has 2 rings (SSSR count). The van der Waals surface area contributed by atoms with Crippen molar-refractivity contribution < 1.29 is 4.74 Å². The second-order valence-electron chi connectivity index (χ2n) is 5.56. The number of nitrogens with zero attached hydrogens (tertiary/aromatic N) is 2. The SMILES string of the molecule is Cc1csc(CC(NN)C(C)(C)N2CCOCC2)n1. The van der Waals surface area contributed by atoms with E-state index in [9.17, 15) is 0 Å². The number of nitrogens with two attached hydrogens (primary N) is 1. The average molecular weight is 284 g/mol. The van der Waals surface area contributed by atoms with Crippen LogP contribution in [0.2, 0.25) is 0 Å². The van der Waals surface area contributed by atoms with Crippen molar-refractivity contribution >= 4 is 11.3 Å². The van der Waals surface area contributed by atoms with Gasteiger partial charge in [-0.05, 0) is 20.8 Å². The minimum absolute atomic E-state index is 0.0158. The Morgan fingerprint density at radius 3 is 2.74 bits per heavy atom. The highest BCUT2D eigenvalue weighted by Crippen LogP contribution is 2.24. The highest BCUT2D eigenvalue weighted by molar-refractivity contribution is 7.09.